The van der Waals surface area contributed by atoms with E-state index >= 15 is 0 Å². The molecular formula is C49H65ClN4O5. The largest absolute Gasteiger partial charge is 0.456 e. The lowest BCUT2D eigenvalue weighted by atomic mass is 9.96. The third-order valence-electron chi connectivity index (χ3n) is 10.7. The third kappa shape index (κ3) is 17.3. The molecule has 4 atom stereocenters. The van der Waals surface area contributed by atoms with E-state index < -0.39 is 6.10 Å². The normalized spacial score (nSPS) is 17.8. The van der Waals surface area contributed by atoms with Crippen molar-refractivity contribution in [1.29, 1.82) is 0 Å². The van der Waals surface area contributed by atoms with Crippen LogP contribution in [0.2, 0.25) is 0 Å². The second-order valence-corrected chi connectivity index (χ2v) is 15.8. The molecule has 0 bridgehead atoms. The molecule has 0 aliphatic carbocycles. The van der Waals surface area contributed by atoms with Crippen LogP contribution in [0.4, 0.5) is 11.4 Å². The highest BCUT2D eigenvalue weighted by molar-refractivity contribution is 6.63. The molecule has 2 N–H and O–H groups in total. The number of halogens is 1. The Hall–Kier alpha value is -4.54. The highest BCUT2D eigenvalue weighted by Gasteiger charge is 2.28. The maximum atomic E-state index is 12.6. The number of benzene rings is 4. The van der Waals surface area contributed by atoms with E-state index in [1.54, 1.807) is 6.92 Å². The number of para-hydroxylation sites is 2. The van der Waals surface area contributed by atoms with Gasteiger partial charge in [-0.1, -0.05) is 118 Å². The van der Waals surface area contributed by atoms with Gasteiger partial charge in [0.25, 0.3) is 0 Å². The minimum Gasteiger partial charge on any atom is -0.456 e. The van der Waals surface area contributed by atoms with Crippen LogP contribution < -0.4 is 10.2 Å². The number of hydrogen-bond donors (Lipinski definition) is 2. The number of nitrogens with zero attached hydrogens (tertiary/aromatic N) is 3. The first-order valence-electron chi connectivity index (χ1n) is 21.4. The molecule has 0 spiro atoms. The summed E-state index contributed by atoms with van der Waals surface area (Å²) < 4.78 is 5.78. The highest BCUT2D eigenvalue weighted by atomic mass is 35.5. The van der Waals surface area contributed by atoms with E-state index in [1.165, 1.54) is 18.5 Å². The molecule has 0 radical (unpaired) electrons. The van der Waals surface area contributed by atoms with Gasteiger partial charge >= 0.3 is 5.97 Å². The Labute approximate surface area is 357 Å². The Morgan fingerprint density at radius 2 is 1.22 bits per heavy atom. The van der Waals surface area contributed by atoms with Crippen LogP contribution in [-0.4, -0.2) is 84.4 Å². The van der Waals surface area contributed by atoms with E-state index in [9.17, 15) is 19.5 Å². The summed E-state index contributed by atoms with van der Waals surface area (Å²) in [6.07, 6.45) is 5.29. The van der Waals surface area contributed by atoms with Crippen molar-refractivity contribution in [2.45, 2.75) is 77.9 Å². The van der Waals surface area contributed by atoms with Crippen molar-refractivity contribution in [2.75, 3.05) is 62.6 Å². The van der Waals surface area contributed by atoms with E-state index in [-0.39, 0.29) is 23.2 Å². The van der Waals surface area contributed by atoms with E-state index in [0.717, 1.165) is 75.5 Å². The summed E-state index contributed by atoms with van der Waals surface area (Å²) in [7, 11) is 0. The Morgan fingerprint density at radius 1 is 0.712 bits per heavy atom. The Kier molecular flexibility index (Phi) is 21.2. The van der Waals surface area contributed by atoms with Gasteiger partial charge in [-0.25, -0.2) is 0 Å². The fraction of sp³-hybridized carbons (Fsp3) is 0.449. The van der Waals surface area contributed by atoms with E-state index in [0.29, 0.717) is 37.6 Å². The molecule has 59 heavy (non-hydrogen) atoms. The van der Waals surface area contributed by atoms with Crippen molar-refractivity contribution in [1.82, 2.24) is 9.80 Å². The molecule has 2 aliphatic heterocycles. The number of aliphatic hydroxyl groups excluding tert-OH is 1. The zero-order valence-electron chi connectivity index (χ0n) is 35.3. The van der Waals surface area contributed by atoms with E-state index in [1.807, 2.05) is 116 Å². The van der Waals surface area contributed by atoms with Crippen LogP contribution in [0, 0.1) is 11.8 Å². The van der Waals surface area contributed by atoms with Gasteiger partial charge in [0.2, 0.25) is 11.1 Å². The summed E-state index contributed by atoms with van der Waals surface area (Å²) in [5.74, 6) is 1.02. The molecule has 2 fully saturated rings. The molecule has 4 aromatic rings. The first-order chi connectivity index (χ1) is 28.7. The minimum atomic E-state index is -0.392. The number of nitrogens with one attached hydrogen (secondary N) is 1. The summed E-state index contributed by atoms with van der Waals surface area (Å²) in [6, 6.07) is 40.3. The highest BCUT2D eigenvalue weighted by Crippen LogP contribution is 2.26. The summed E-state index contributed by atoms with van der Waals surface area (Å²) in [6.45, 7) is 12.6. The zero-order chi connectivity index (χ0) is 42.2. The van der Waals surface area contributed by atoms with E-state index in [2.05, 4.69) is 39.4 Å². The molecular weight excluding hydrogens is 760 g/mol. The number of amides is 1. The molecule has 6 rings (SSSR count). The van der Waals surface area contributed by atoms with Crippen LogP contribution in [0.5, 0.6) is 0 Å². The molecule has 9 nitrogen and oxygen atoms in total. The van der Waals surface area contributed by atoms with Gasteiger partial charge in [0.05, 0.1) is 6.10 Å². The number of ether oxygens (including phenoxy) is 1. The topological polar surface area (TPSA) is 102 Å². The predicted octanol–water partition coefficient (Wildman–Crippen LogP) is 9.54. The Bertz CT molecular complexity index is 1770. The van der Waals surface area contributed by atoms with Crippen molar-refractivity contribution < 1.29 is 24.2 Å². The number of carbonyl (C=O) groups is 3. The molecule has 10 heteroatoms. The molecule has 1 amide bonds. The first kappa shape index (κ1) is 47.1. The SMILES string of the molecule is CCC(=O)Cl.CCC(=O)OC(CN1CCCC(CN(C(=O)CC)c2ccccc2)C1)c1ccccc1.OC(CN1CCCC(CNc2ccccc2)C1)c1ccccc1. The Morgan fingerprint density at radius 3 is 1.78 bits per heavy atom. The van der Waals surface area contributed by atoms with Crippen molar-refractivity contribution in [3.8, 4) is 0 Å². The molecule has 4 aromatic carbocycles. The summed E-state index contributed by atoms with van der Waals surface area (Å²) >= 11 is 4.82. The number of piperidine rings is 2. The smallest absolute Gasteiger partial charge is 0.306 e. The van der Waals surface area contributed by atoms with Gasteiger partial charge in [-0.15, -0.1) is 0 Å². The standard InChI is InChI=1S/C26H34N2O3.C20H26N2O.C3H5ClO/c1-3-25(29)28(23-15-9-6-10-16-23)19-21-12-11-17-27(18-21)20-24(31-26(30)4-2)22-13-7-5-8-14-22;23-20(18-9-3-1-4-10-18)16-22-13-7-8-17(15-22)14-21-19-11-5-2-6-12-19;1-2-3(4)5/h5-10,13-16,21,24H,3-4,11-12,17-20H2,1-2H3;1-6,9-12,17,20-21,23H,7-8,13-16H2;2H2,1H3. The number of β-amino-alcohol motifs (C(OH)–C–C–N with tert-alkyl or cyclic N) is 1. The van der Waals surface area contributed by atoms with Crippen molar-refractivity contribution in [2.24, 2.45) is 11.8 Å². The predicted molar refractivity (Wildman–Crippen MR) is 240 cm³/mol. The number of hydrogen-bond acceptors (Lipinski definition) is 8. The lowest BCUT2D eigenvalue weighted by Gasteiger charge is -2.37. The average Bonchev–Trinajstić information content (AvgIpc) is 3.29. The van der Waals surface area contributed by atoms with Crippen LogP contribution in [0.25, 0.3) is 0 Å². The molecule has 2 heterocycles. The van der Waals surface area contributed by atoms with Gasteiger partial charge in [-0.2, -0.15) is 0 Å². The molecule has 2 saturated heterocycles. The molecule has 2 aliphatic rings. The van der Waals surface area contributed by atoms with Gasteiger partial charge in [-0.05, 0) is 97.6 Å². The quantitative estimate of drug-likeness (QED) is 0.0852. The van der Waals surface area contributed by atoms with Crippen LogP contribution >= 0.6 is 11.6 Å². The van der Waals surface area contributed by atoms with E-state index in [4.69, 9.17) is 16.3 Å². The number of aliphatic hydroxyl groups is 1. The number of anilines is 2. The fourth-order valence-electron chi connectivity index (χ4n) is 7.56. The Balaban J connectivity index is 0.000000241. The fourth-order valence-corrected chi connectivity index (χ4v) is 7.56. The average molecular weight is 826 g/mol. The monoisotopic (exact) mass is 824 g/mol. The molecule has 0 saturated carbocycles. The lowest BCUT2D eigenvalue weighted by Crippen LogP contribution is -2.44. The first-order valence-corrected chi connectivity index (χ1v) is 21.8. The van der Waals surface area contributed by atoms with Gasteiger partial charge < -0.3 is 25.0 Å². The zero-order valence-corrected chi connectivity index (χ0v) is 36.0. The molecule has 318 valence electrons. The number of esters is 1. The maximum absolute atomic E-state index is 12.6. The summed E-state index contributed by atoms with van der Waals surface area (Å²) in [5.41, 5.74) is 4.19. The van der Waals surface area contributed by atoms with Crippen molar-refractivity contribution >= 4 is 40.1 Å². The third-order valence-corrected chi connectivity index (χ3v) is 11.0. The van der Waals surface area contributed by atoms with Crippen molar-refractivity contribution in [3.63, 3.8) is 0 Å². The van der Waals surface area contributed by atoms with Crippen molar-refractivity contribution in [3.05, 3.63) is 132 Å². The molecule has 4 unspecified atom stereocenters. The van der Waals surface area contributed by atoms with Crippen LogP contribution in [0.1, 0.15) is 89.1 Å². The second-order valence-electron chi connectivity index (χ2n) is 15.4. The summed E-state index contributed by atoms with van der Waals surface area (Å²) in [5, 5.41) is 13.7. The van der Waals surface area contributed by atoms with Gasteiger partial charge in [0.15, 0.2) is 0 Å². The van der Waals surface area contributed by atoms with Crippen LogP contribution in [-0.2, 0) is 19.1 Å². The summed E-state index contributed by atoms with van der Waals surface area (Å²) in [4.78, 5) is 41.0. The van der Waals surface area contributed by atoms with Gasteiger partial charge in [-0.3, -0.25) is 19.3 Å². The number of carbonyl (C=O) groups excluding carboxylic acids is 3. The van der Waals surface area contributed by atoms with Gasteiger partial charge in [0.1, 0.15) is 6.10 Å². The molecule has 0 aromatic heterocycles. The second kappa shape index (κ2) is 26.5. The lowest BCUT2D eigenvalue weighted by molar-refractivity contribution is -0.150. The minimum absolute atomic E-state index is 0.155. The number of rotatable bonds is 16. The van der Waals surface area contributed by atoms with Gasteiger partial charge in [0, 0.05) is 69.9 Å². The van der Waals surface area contributed by atoms with Crippen LogP contribution in [0.3, 0.4) is 0 Å². The maximum Gasteiger partial charge on any atom is 0.306 e. The van der Waals surface area contributed by atoms with Crippen LogP contribution in [0.15, 0.2) is 121 Å². The number of likely N-dealkylation sites (tertiary alicyclic amines) is 2.